The Morgan fingerprint density at radius 3 is 2.34 bits per heavy atom. The number of hydrogen-bond donors (Lipinski definition) is 1. The van der Waals surface area contributed by atoms with E-state index in [0.29, 0.717) is 13.0 Å². The van der Waals surface area contributed by atoms with Crippen LogP contribution in [-0.2, 0) is 11.2 Å². The summed E-state index contributed by atoms with van der Waals surface area (Å²) < 4.78 is 0. The van der Waals surface area contributed by atoms with Crippen LogP contribution in [0.25, 0.3) is 11.3 Å². The lowest BCUT2D eigenvalue weighted by atomic mass is 10.0. The largest absolute Gasteiger partial charge is 0.354 e. The van der Waals surface area contributed by atoms with Crippen molar-refractivity contribution in [2.45, 2.75) is 33.2 Å². The van der Waals surface area contributed by atoms with Crippen molar-refractivity contribution < 1.29 is 4.79 Å². The van der Waals surface area contributed by atoms with Crippen molar-refractivity contribution >= 4 is 17.2 Å². The van der Waals surface area contributed by atoms with E-state index in [0.717, 1.165) is 34.9 Å². The predicted octanol–water partition coefficient (Wildman–Crippen LogP) is 4.86. The van der Waals surface area contributed by atoms with Crippen LogP contribution in [0.15, 0.2) is 60.0 Å². The van der Waals surface area contributed by atoms with Crippen LogP contribution >= 0.6 is 11.3 Å². The Bertz CT molecular complexity index is 901. The second-order valence-corrected chi connectivity index (χ2v) is 8.14. The van der Waals surface area contributed by atoms with Crippen molar-refractivity contribution in [1.29, 1.82) is 0 Å². The van der Waals surface area contributed by atoms with Crippen molar-refractivity contribution in [3.63, 3.8) is 0 Å². The normalized spacial score (nSPS) is 12.1. The Morgan fingerprint density at radius 2 is 1.76 bits per heavy atom. The highest BCUT2D eigenvalue weighted by atomic mass is 32.1. The monoisotopic (exact) mass is 407 g/mol. The van der Waals surface area contributed by atoms with Gasteiger partial charge in [0.2, 0.25) is 5.91 Å². The van der Waals surface area contributed by atoms with Gasteiger partial charge in [0.15, 0.2) is 0 Å². The zero-order valence-corrected chi connectivity index (χ0v) is 18.2. The van der Waals surface area contributed by atoms with Crippen molar-refractivity contribution in [2.24, 2.45) is 0 Å². The van der Waals surface area contributed by atoms with Gasteiger partial charge in [0.1, 0.15) is 0 Å². The first kappa shape index (κ1) is 21.2. The molecule has 5 heteroatoms. The Labute approximate surface area is 177 Å². The fraction of sp³-hybridized carbons (Fsp3) is 0.333. The van der Waals surface area contributed by atoms with Gasteiger partial charge in [-0.1, -0.05) is 68.4 Å². The number of amides is 1. The minimum Gasteiger partial charge on any atom is -0.354 e. The smallest absolute Gasteiger partial charge is 0.224 e. The predicted molar refractivity (Wildman–Crippen MR) is 121 cm³/mol. The number of hydrogen-bond acceptors (Lipinski definition) is 4. The van der Waals surface area contributed by atoms with Crippen molar-refractivity contribution in [1.82, 2.24) is 15.2 Å². The quantitative estimate of drug-likeness (QED) is 0.551. The van der Waals surface area contributed by atoms with E-state index >= 15 is 0 Å². The molecular weight excluding hydrogens is 378 g/mol. The SMILES string of the molecule is CCN(CC)C(CNC(=O)Cc1ccc(-c2csc(C)n2)cc1)c1ccccc1. The third-order valence-electron chi connectivity index (χ3n) is 5.16. The zero-order chi connectivity index (χ0) is 20.6. The number of thiazole rings is 1. The summed E-state index contributed by atoms with van der Waals surface area (Å²) in [7, 11) is 0. The minimum atomic E-state index is 0.0512. The molecule has 1 amide bonds. The minimum absolute atomic E-state index is 0.0512. The molecule has 29 heavy (non-hydrogen) atoms. The maximum Gasteiger partial charge on any atom is 0.224 e. The lowest BCUT2D eigenvalue weighted by molar-refractivity contribution is -0.120. The number of likely N-dealkylation sites (N-methyl/N-ethyl adjacent to an activating group) is 1. The van der Waals surface area contributed by atoms with Gasteiger partial charge in [-0.15, -0.1) is 11.3 Å². The molecule has 4 nitrogen and oxygen atoms in total. The van der Waals surface area contributed by atoms with Crippen LogP contribution in [0.2, 0.25) is 0 Å². The van der Waals surface area contributed by atoms with Gasteiger partial charge in [-0.05, 0) is 31.1 Å². The second kappa shape index (κ2) is 10.3. The van der Waals surface area contributed by atoms with Crippen LogP contribution < -0.4 is 5.32 Å². The number of carbonyl (C=O) groups is 1. The molecular formula is C24H29N3OS. The fourth-order valence-electron chi connectivity index (χ4n) is 3.55. The van der Waals surface area contributed by atoms with Crippen LogP contribution in [0.3, 0.4) is 0 Å². The maximum absolute atomic E-state index is 12.6. The molecule has 152 valence electrons. The average Bonchev–Trinajstić information content (AvgIpc) is 3.18. The number of aryl methyl sites for hydroxylation is 1. The molecule has 2 aromatic carbocycles. The number of aromatic nitrogens is 1. The van der Waals surface area contributed by atoms with Gasteiger partial charge in [-0.25, -0.2) is 4.98 Å². The van der Waals surface area contributed by atoms with Gasteiger partial charge >= 0.3 is 0 Å². The highest BCUT2D eigenvalue weighted by molar-refractivity contribution is 7.09. The summed E-state index contributed by atoms with van der Waals surface area (Å²) in [4.78, 5) is 19.5. The summed E-state index contributed by atoms with van der Waals surface area (Å²) in [6.45, 7) is 8.83. The second-order valence-electron chi connectivity index (χ2n) is 7.08. The molecule has 1 heterocycles. The summed E-state index contributed by atoms with van der Waals surface area (Å²) in [6, 6.07) is 18.7. The van der Waals surface area contributed by atoms with Crippen LogP contribution in [0, 0.1) is 6.92 Å². The molecule has 3 rings (SSSR count). The molecule has 0 aliphatic carbocycles. The van der Waals surface area contributed by atoms with E-state index in [1.165, 1.54) is 5.56 Å². The zero-order valence-electron chi connectivity index (χ0n) is 17.4. The molecule has 0 saturated carbocycles. The number of carbonyl (C=O) groups excluding carboxylic acids is 1. The van der Waals surface area contributed by atoms with E-state index in [-0.39, 0.29) is 11.9 Å². The molecule has 0 spiro atoms. The van der Waals surface area contributed by atoms with Gasteiger partial charge in [0, 0.05) is 17.5 Å². The van der Waals surface area contributed by atoms with Crippen LogP contribution in [0.1, 0.15) is 36.0 Å². The average molecular weight is 408 g/mol. The molecule has 0 bridgehead atoms. The molecule has 1 aromatic heterocycles. The molecule has 1 N–H and O–H groups in total. The van der Waals surface area contributed by atoms with Crippen molar-refractivity contribution in [3.8, 4) is 11.3 Å². The van der Waals surface area contributed by atoms with Crippen LogP contribution in [0.4, 0.5) is 0 Å². The molecule has 0 saturated heterocycles. The first-order chi connectivity index (χ1) is 14.1. The fourth-order valence-corrected chi connectivity index (χ4v) is 4.17. The number of benzene rings is 2. The van der Waals surface area contributed by atoms with Crippen molar-refractivity contribution in [2.75, 3.05) is 19.6 Å². The van der Waals surface area contributed by atoms with Crippen molar-refractivity contribution in [3.05, 3.63) is 76.1 Å². The molecule has 1 unspecified atom stereocenters. The Balaban J connectivity index is 1.60. The summed E-state index contributed by atoms with van der Waals surface area (Å²) in [5, 5.41) is 6.26. The van der Waals surface area contributed by atoms with E-state index in [1.807, 2.05) is 37.3 Å². The number of nitrogens with zero attached hydrogens (tertiary/aromatic N) is 2. The summed E-state index contributed by atoms with van der Waals surface area (Å²) in [5.74, 6) is 0.0512. The maximum atomic E-state index is 12.6. The Morgan fingerprint density at radius 1 is 1.07 bits per heavy atom. The van der Waals surface area contributed by atoms with Gasteiger partial charge in [-0.3, -0.25) is 9.69 Å². The summed E-state index contributed by atoms with van der Waals surface area (Å²) >= 11 is 1.65. The van der Waals surface area contributed by atoms with Crippen LogP contribution in [-0.4, -0.2) is 35.4 Å². The Hall–Kier alpha value is -2.50. The van der Waals surface area contributed by atoms with E-state index < -0.39 is 0 Å². The van der Waals surface area contributed by atoms with E-state index in [2.05, 4.69) is 58.7 Å². The Kier molecular flexibility index (Phi) is 7.55. The summed E-state index contributed by atoms with van der Waals surface area (Å²) in [5.41, 5.74) is 4.33. The van der Waals surface area contributed by atoms with Gasteiger partial charge < -0.3 is 5.32 Å². The lowest BCUT2D eigenvalue weighted by Gasteiger charge is -2.30. The molecule has 0 aliphatic rings. The van der Waals surface area contributed by atoms with E-state index in [1.54, 1.807) is 11.3 Å². The van der Waals surface area contributed by atoms with Gasteiger partial charge in [0.25, 0.3) is 0 Å². The first-order valence-electron chi connectivity index (χ1n) is 10.2. The van der Waals surface area contributed by atoms with E-state index in [9.17, 15) is 4.79 Å². The highest BCUT2D eigenvalue weighted by Crippen LogP contribution is 2.22. The lowest BCUT2D eigenvalue weighted by Crippen LogP contribution is -2.38. The highest BCUT2D eigenvalue weighted by Gasteiger charge is 2.18. The third kappa shape index (κ3) is 5.75. The van der Waals surface area contributed by atoms with E-state index in [4.69, 9.17) is 0 Å². The molecule has 0 radical (unpaired) electrons. The standard InChI is InChI=1S/C24H29N3OS/c1-4-27(5-2)23(21-9-7-6-8-10-21)16-25-24(28)15-19-11-13-20(14-12-19)22-17-29-18(3)26-22/h6-14,17,23H,4-5,15-16H2,1-3H3,(H,25,28). The molecule has 0 fully saturated rings. The molecule has 1 atom stereocenters. The molecule has 0 aliphatic heterocycles. The molecule has 3 aromatic rings. The third-order valence-corrected chi connectivity index (χ3v) is 5.94. The van der Waals surface area contributed by atoms with Gasteiger partial charge in [-0.2, -0.15) is 0 Å². The first-order valence-corrected chi connectivity index (χ1v) is 11.1. The van der Waals surface area contributed by atoms with Crippen LogP contribution in [0.5, 0.6) is 0 Å². The topological polar surface area (TPSA) is 45.2 Å². The number of rotatable bonds is 9. The van der Waals surface area contributed by atoms with Gasteiger partial charge in [0.05, 0.1) is 23.2 Å². The summed E-state index contributed by atoms with van der Waals surface area (Å²) in [6.07, 6.45) is 0.385. The number of nitrogens with one attached hydrogen (secondary N) is 1.